The van der Waals surface area contributed by atoms with Crippen LogP contribution in [0.25, 0.3) is 0 Å². The Bertz CT molecular complexity index is 842. The molecular formula is C21H23BrN2O5. The number of halogens is 1. The monoisotopic (exact) mass is 462 g/mol. The highest BCUT2D eigenvalue weighted by Gasteiger charge is 2.12. The zero-order chi connectivity index (χ0) is 21.1. The van der Waals surface area contributed by atoms with Crippen molar-refractivity contribution < 1.29 is 23.9 Å². The minimum atomic E-state index is -0.481. The highest BCUT2D eigenvalue weighted by Crippen LogP contribution is 2.25. The van der Waals surface area contributed by atoms with Gasteiger partial charge in [0, 0.05) is 12.0 Å². The quantitative estimate of drug-likeness (QED) is 0.339. The Kier molecular flexibility index (Phi) is 9.17. The van der Waals surface area contributed by atoms with Crippen molar-refractivity contribution in [3.63, 3.8) is 0 Å². The molecule has 0 saturated carbocycles. The number of rotatable bonds is 9. The first-order valence-electron chi connectivity index (χ1n) is 9.12. The summed E-state index contributed by atoms with van der Waals surface area (Å²) in [6, 6.07) is 14.7. The van der Waals surface area contributed by atoms with Crippen LogP contribution in [0.2, 0.25) is 0 Å². The molecule has 7 nitrogen and oxygen atoms in total. The predicted octanol–water partition coefficient (Wildman–Crippen LogP) is 3.17. The van der Waals surface area contributed by atoms with Gasteiger partial charge in [0.25, 0.3) is 5.91 Å². The van der Waals surface area contributed by atoms with Crippen LogP contribution in [0.15, 0.2) is 53.0 Å². The van der Waals surface area contributed by atoms with Gasteiger partial charge in [0.15, 0.2) is 0 Å². The molecule has 2 amide bonds. The van der Waals surface area contributed by atoms with E-state index in [1.54, 1.807) is 18.2 Å². The van der Waals surface area contributed by atoms with Crippen LogP contribution >= 0.6 is 15.9 Å². The molecule has 2 aromatic carbocycles. The number of carbonyl (C=O) groups is 3. The molecule has 0 atom stereocenters. The van der Waals surface area contributed by atoms with E-state index in [9.17, 15) is 14.4 Å². The number of nitrogens with one attached hydrogen (secondary N) is 2. The molecule has 0 aliphatic heterocycles. The highest BCUT2D eigenvalue weighted by molar-refractivity contribution is 9.10. The molecule has 0 saturated heterocycles. The van der Waals surface area contributed by atoms with Gasteiger partial charge in [-0.2, -0.15) is 0 Å². The van der Waals surface area contributed by atoms with Crippen molar-refractivity contribution in [2.45, 2.75) is 25.7 Å². The molecule has 8 heteroatoms. The van der Waals surface area contributed by atoms with Crippen LogP contribution in [0.5, 0.6) is 5.75 Å². The van der Waals surface area contributed by atoms with E-state index in [0.29, 0.717) is 22.4 Å². The number of hydrazine groups is 1. The summed E-state index contributed by atoms with van der Waals surface area (Å²) in [5.74, 6) is -0.816. The molecule has 0 spiro atoms. The third kappa shape index (κ3) is 7.95. The minimum absolute atomic E-state index is 0.0544. The van der Waals surface area contributed by atoms with Gasteiger partial charge in [0.1, 0.15) is 5.75 Å². The first-order valence-corrected chi connectivity index (χ1v) is 9.91. The second-order valence-corrected chi connectivity index (χ2v) is 7.02. The van der Waals surface area contributed by atoms with Crippen molar-refractivity contribution in [3.8, 4) is 5.75 Å². The molecule has 0 aliphatic carbocycles. The molecule has 2 N–H and O–H groups in total. The molecule has 0 aliphatic rings. The summed E-state index contributed by atoms with van der Waals surface area (Å²) < 4.78 is 10.8. The van der Waals surface area contributed by atoms with E-state index in [0.717, 1.165) is 12.8 Å². The van der Waals surface area contributed by atoms with Crippen LogP contribution in [0.1, 0.15) is 35.2 Å². The Balaban J connectivity index is 1.61. The molecule has 2 aromatic rings. The third-order valence-electron chi connectivity index (χ3n) is 4.00. The lowest BCUT2D eigenvalue weighted by atomic mass is 10.1. The van der Waals surface area contributed by atoms with Crippen molar-refractivity contribution in [1.29, 1.82) is 0 Å². The summed E-state index contributed by atoms with van der Waals surface area (Å²) in [7, 11) is 1.52. The van der Waals surface area contributed by atoms with Gasteiger partial charge < -0.3 is 9.47 Å². The normalized spacial score (nSPS) is 10.1. The zero-order valence-corrected chi connectivity index (χ0v) is 17.7. The van der Waals surface area contributed by atoms with Crippen molar-refractivity contribution in [2.75, 3.05) is 13.7 Å². The molecule has 0 unspecified atom stereocenters. The third-order valence-corrected chi connectivity index (χ3v) is 4.62. The number of hydrogen-bond acceptors (Lipinski definition) is 5. The van der Waals surface area contributed by atoms with Gasteiger partial charge in [-0.1, -0.05) is 30.3 Å². The Labute approximate surface area is 177 Å². The predicted molar refractivity (Wildman–Crippen MR) is 111 cm³/mol. The molecule has 0 heterocycles. The molecule has 0 aromatic heterocycles. The molecule has 0 fully saturated rings. The molecule has 0 radical (unpaired) electrons. The summed E-state index contributed by atoms with van der Waals surface area (Å²) in [5, 5.41) is 0. The summed E-state index contributed by atoms with van der Waals surface area (Å²) in [6.45, 7) is 0.304. The SMILES string of the molecule is COc1ccc(C(=O)NNC(=O)CCC(=O)OCCCc2ccccc2)cc1Br. The maximum absolute atomic E-state index is 12.1. The number of methoxy groups -OCH3 is 1. The Hall–Kier alpha value is -2.87. The average Bonchev–Trinajstić information content (AvgIpc) is 2.74. The fourth-order valence-electron chi connectivity index (χ4n) is 2.46. The van der Waals surface area contributed by atoms with Crippen molar-refractivity contribution in [3.05, 3.63) is 64.1 Å². The highest BCUT2D eigenvalue weighted by atomic mass is 79.9. The van der Waals surface area contributed by atoms with Crippen molar-refractivity contribution in [1.82, 2.24) is 10.9 Å². The Morgan fingerprint density at radius 3 is 2.45 bits per heavy atom. The van der Waals surface area contributed by atoms with E-state index in [-0.39, 0.29) is 12.8 Å². The van der Waals surface area contributed by atoms with Crippen LogP contribution in [-0.4, -0.2) is 31.5 Å². The summed E-state index contributed by atoms with van der Waals surface area (Å²) in [6.07, 6.45) is 1.41. The largest absolute Gasteiger partial charge is 0.496 e. The van der Waals surface area contributed by atoms with E-state index in [1.807, 2.05) is 30.3 Å². The van der Waals surface area contributed by atoms with Gasteiger partial charge >= 0.3 is 5.97 Å². The Morgan fingerprint density at radius 2 is 1.76 bits per heavy atom. The van der Waals surface area contributed by atoms with E-state index in [4.69, 9.17) is 9.47 Å². The molecule has 2 rings (SSSR count). The smallest absolute Gasteiger partial charge is 0.306 e. The van der Waals surface area contributed by atoms with E-state index in [2.05, 4.69) is 26.8 Å². The zero-order valence-electron chi connectivity index (χ0n) is 16.1. The topological polar surface area (TPSA) is 93.7 Å². The molecular weight excluding hydrogens is 440 g/mol. The molecule has 154 valence electrons. The Morgan fingerprint density at radius 1 is 1.00 bits per heavy atom. The van der Waals surface area contributed by atoms with Crippen LogP contribution in [0, 0.1) is 0 Å². The van der Waals surface area contributed by atoms with Crippen LogP contribution < -0.4 is 15.6 Å². The average molecular weight is 463 g/mol. The van der Waals surface area contributed by atoms with Gasteiger partial charge in [-0.3, -0.25) is 25.2 Å². The van der Waals surface area contributed by atoms with Gasteiger partial charge in [-0.15, -0.1) is 0 Å². The van der Waals surface area contributed by atoms with Gasteiger partial charge in [-0.25, -0.2) is 0 Å². The second-order valence-electron chi connectivity index (χ2n) is 6.16. The fourth-order valence-corrected chi connectivity index (χ4v) is 3.00. The van der Waals surface area contributed by atoms with E-state index in [1.165, 1.54) is 12.7 Å². The van der Waals surface area contributed by atoms with Crippen molar-refractivity contribution >= 4 is 33.7 Å². The second kappa shape index (κ2) is 11.9. The number of amides is 2. The first kappa shape index (κ1) is 22.4. The number of benzene rings is 2. The van der Waals surface area contributed by atoms with Gasteiger partial charge in [-0.05, 0) is 52.5 Å². The summed E-state index contributed by atoms with van der Waals surface area (Å²) >= 11 is 3.29. The number of esters is 1. The van der Waals surface area contributed by atoms with Crippen LogP contribution in [0.3, 0.4) is 0 Å². The minimum Gasteiger partial charge on any atom is -0.496 e. The number of hydrogen-bond donors (Lipinski definition) is 2. The number of ether oxygens (including phenoxy) is 2. The fraction of sp³-hybridized carbons (Fsp3) is 0.286. The molecule has 0 bridgehead atoms. The van der Waals surface area contributed by atoms with Crippen LogP contribution in [0.4, 0.5) is 0 Å². The summed E-state index contributed by atoms with van der Waals surface area (Å²) in [5.41, 5.74) is 6.11. The lowest BCUT2D eigenvalue weighted by molar-refractivity contribution is -0.145. The van der Waals surface area contributed by atoms with Crippen molar-refractivity contribution in [2.24, 2.45) is 0 Å². The van der Waals surface area contributed by atoms with Gasteiger partial charge in [0.2, 0.25) is 5.91 Å². The standard InChI is InChI=1S/C21H23BrN2O5/c1-28-18-10-9-16(14-17(18)22)21(27)24-23-19(25)11-12-20(26)29-13-5-8-15-6-3-2-4-7-15/h2-4,6-7,9-10,14H,5,8,11-13H2,1H3,(H,23,25)(H,24,27). The lowest BCUT2D eigenvalue weighted by Crippen LogP contribution is -2.41. The first-order chi connectivity index (χ1) is 14.0. The number of aryl methyl sites for hydroxylation is 1. The number of carbonyl (C=O) groups excluding carboxylic acids is 3. The van der Waals surface area contributed by atoms with Gasteiger partial charge in [0.05, 0.1) is 24.6 Å². The lowest BCUT2D eigenvalue weighted by Gasteiger charge is -2.09. The maximum atomic E-state index is 12.1. The van der Waals surface area contributed by atoms with E-state index < -0.39 is 17.8 Å². The maximum Gasteiger partial charge on any atom is 0.306 e. The summed E-state index contributed by atoms with van der Waals surface area (Å²) in [4.78, 5) is 35.6. The van der Waals surface area contributed by atoms with E-state index >= 15 is 0 Å². The molecule has 29 heavy (non-hydrogen) atoms. The van der Waals surface area contributed by atoms with Crippen LogP contribution in [-0.2, 0) is 20.7 Å².